The van der Waals surface area contributed by atoms with Gasteiger partial charge in [0.05, 0.1) is 31.0 Å². The maximum atomic E-state index is 12.5. The van der Waals surface area contributed by atoms with Gasteiger partial charge < -0.3 is 14.2 Å². The zero-order valence-corrected chi connectivity index (χ0v) is 15.7. The quantitative estimate of drug-likeness (QED) is 0.667. The van der Waals surface area contributed by atoms with Crippen molar-refractivity contribution in [3.8, 4) is 17.2 Å². The van der Waals surface area contributed by atoms with E-state index in [0.717, 1.165) is 22.4 Å². The summed E-state index contributed by atoms with van der Waals surface area (Å²) >= 11 is 1.41. The van der Waals surface area contributed by atoms with Crippen LogP contribution in [-0.4, -0.2) is 31.7 Å². The minimum absolute atomic E-state index is 0.257. The maximum absolute atomic E-state index is 12.5. The van der Waals surface area contributed by atoms with Crippen LogP contribution in [0.5, 0.6) is 17.2 Å². The number of hydrogen-bond acceptors (Lipinski definition) is 6. The minimum atomic E-state index is -0.257. The van der Waals surface area contributed by atoms with Crippen molar-refractivity contribution in [2.45, 2.75) is 13.3 Å². The number of amides is 1. The fraction of sp³-hybridized carbons (Fsp3) is 0.263. The van der Waals surface area contributed by atoms with E-state index in [1.54, 1.807) is 25.3 Å². The predicted molar refractivity (Wildman–Crippen MR) is 103 cm³/mol. The van der Waals surface area contributed by atoms with Crippen LogP contribution in [0.3, 0.4) is 0 Å². The van der Waals surface area contributed by atoms with Gasteiger partial charge in [0.25, 0.3) is 5.91 Å². The molecule has 3 rings (SSSR count). The number of ether oxygens (including phenoxy) is 3. The van der Waals surface area contributed by atoms with Crippen molar-refractivity contribution >= 4 is 32.6 Å². The standard InChI is InChI=1S/C19H20N2O4S/c1-4-9-25-13-6-7-14-17(11-13)26-19(20-14)21-18(22)12-5-8-15(23-2)16(10-12)24-3/h5-8,10-11H,4,9H2,1-3H3,(H,20,21,22). The van der Waals surface area contributed by atoms with E-state index in [0.29, 0.717) is 28.8 Å². The molecule has 1 heterocycles. The van der Waals surface area contributed by atoms with E-state index in [4.69, 9.17) is 14.2 Å². The fourth-order valence-corrected chi connectivity index (χ4v) is 3.30. The minimum Gasteiger partial charge on any atom is -0.494 e. The number of nitrogens with one attached hydrogen (secondary N) is 1. The molecule has 136 valence electrons. The molecule has 0 aliphatic heterocycles. The van der Waals surface area contributed by atoms with Crippen molar-refractivity contribution in [1.29, 1.82) is 0 Å². The molecule has 0 spiro atoms. The monoisotopic (exact) mass is 372 g/mol. The number of benzene rings is 2. The fourth-order valence-electron chi connectivity index (χ4n) is 2.41. The molecule has 1 amide bonds. The van der Waals surface area contributed by atoms with Gasteiger partial charge >= 0.3 is 0 Å². The van der Waals surface area contributed by atoms with Crippen LogP contribution in [0.1, 0.15) is 23.7 Å². The summed E-state index contributed by atoms with van der Waals surface area (Å²) in [7, 11) is 3.09. The Labute approximate surface area is 155 Å². The van der Waals surface area contributed by atoms with Crippen molar-refractivity contribution in [3.05, 3.63) is 42.0 Å². The lowest BCUT2D eigenvalue weighted by Crippen LogP contribution is -2.11. The van der Waals surface area contributed by atoms with Gasteiger partial charge in [0, 0.05) is 5.56 Å². The third kappa shape index (κ3) is 3.88. The molecule has 1 aromatic heterocycles. The largest absolute Gasteiger partial charge is 0.494 e. The molecule has 0 fully saturated rings. The van der Waals surface area contributed by atoms with E-state index in [9.17, 15) is 4.79 Å². The Morgan fingerprint density at radius 2 is 1.92 bits per heavy atom. The summed E-state index contributed by atoms with van der Waals surface area (Å²) in [5, 5.41) is 3.37. The normalized spacial score (nSPS) is 10.6. The highest BCUT2D eigenvalue weighted by Gasteiger charge is 2.13. The molecular formula is C19H20N2O4S. The van der Waals surface area contributed by atoms with E-state index >= 15 is 0 Å². The smallest absolute Gasteiger partial charge is 0.257 e. The summed E-state index contributed by atoms with van der Waals surface area (Å²) in [5.41, 5.74) is 1.29. The zero-order chi connectivity index (χ0) is 18.5. The number of hydrogen-bond donors (Lipinski definition) is 1. The molecule has 0 bridgehead atoms. The highest BCUT2D eigenvalue weighted by atomic mass is 32.1. The summed E-state index contributed by atoms with van der Waals surface area (Å²) in [6.07, 6.45) is 0.952. The number of carbonyl (C=O) groups excluding carboxylic acids is 1. The van der Waals surface area contributed by atoms with Gasteiger partial charge in [0.2, 0.25) is 0 Å². The molecule has 0 atom stereocenters. The second-order valence-corrected chi connectivity index (χ2v) is 6.55. The van der Waals surface area contributed by atoms with Crippen LogP contribution in [-0.2, 0) is 0 Å². The predicted octanol–water partition coefficient (Wildman–Crippen LogP) is 4.35. The lowest BCUT2D eigenvalue weighted by molar-refractivity contribution is 0.102. The number of carbonyl (C=O) groups is 1. The number of methoxy groups -OCH3 is 2. The topological polar surface area (TPSA) is 69.7 Å². The summed E-state index contributed by atoms with van der Waals surface area (Å²) in [5.74, 6) is 1.62. The highest BCUT2D eigenvalue weighted by molar-refractivity contribution is 7.22. The van der Waals surface area contributed by atoms with Gasteiger partial charge in [-0.3, -0.25) is 10.1 Å². The van der Waals surface area contributed by atoms with Gasteiger partial charge in [-0.25, -0.2) is 4.98 Å². The number of nitrogens with zero attached hydrogens (tertiary/aromatic N) is 1. The van der Waals surface area contributed by atoms with Crippen molar-refractivity contribution in [1.82, 2.24) is 4.98 Å². The molecule has 7 heteroatoms. The Hall–Kier alpha value is -2.80. The first-order valence-corrected chi connectivity index (χ1v) is 9.03. The molecule has 0 saturated heterocycles. The molecule has 3 aromatic rings. The van der Waals surface area contributed by atoms with E-state index in [1.165, 1.54) is 18.4 Å². The average Bonchev–Trinajstić information content (AvgIpc) is 3.07. The molecule has 6 nitrogen and oxygen atoms in total. The van der Waals surface area contributed by atoms with E-state index in [1.807, 2.05) is 18.2 Å². The Bertz CT molecular complexity index is 923. The number of fused-ring (bicyclic) bond motifs is 1. The van der Waals surface area contributed by atoms with Crippen LogP contribution >= 0.6 is 11.3 Å². The van der Waals surface area contributed by atoms with Crippen LogP contribution in [0, 0.1) is 0 Å². The van der Waals surface area contributed by atoms with Gasteiger partial charge in [-0.05, 0) is 42.8 Å². The lowest BCUT2D eigenvalue weighted by Gasteiger charge is -2.09. The van der Waals surface area contributed by atoms with Gasteiger partial charge in [0.1, 0.15) is 5.75 Å². The summed E-state index contributed by atoms with van der Waals surface area (Å²) in [4.78, 5) is 17.0. The van der Waals surface area contributed by atoms with E-state index in [-0.39, 0.29) is 5.91 Å². The SMILES string of the molecule is CCCOc1ccc2nc(NC(=O)c3ccc(OC)c(OC)c3)sc2c1. The van der Waals surface area contributed by atoms with Gasteiger partial charge in [0.15, 0.2) is 16.6 Å². The second kappa shape index (κ2) is 8.05. The maximum Gasteiger partial charge on any atom is 0.257 e. The van der Waals surface area contributed by atoms with Crippen molar-refractivity contribution in [3.63, 3.8) is 0 Å². The molecule has 0 saturated carbocycles. The Balaban J connectivity index is 1.78. The molecule has 0 unspecified atom stereocenters. The van der Waals surface area contributed by atoms with Crippen LogP contribution < -0.4 is 19.5 Å². The summed E-state index contributed by atoms with van der Waals surface area (Å²) in [6.45, 7) is 2.74. The second-order valence-electron chi connectivity index (χ2n) is 5.52. The Morgan fingerprint density at radius 1 is 1.12 bits per heavy atom. The van der Waals surface area contributed by atoms with Crippen molar-refractivity contribution < 1.29 is 19.0 Å². The van der Waals surface area contributed by atoms with Crippen molar-refractivity contribution in [2.24, 2.45) is 0 Å². The summed E-state index contributed by atoms with van der Waals surface area (Å²) < 4.78 is 17.0. The molecular weight excluding hydrogens is 352 g/mol. The Morgan fingerprint density at radius 3 is 2.65 bits per heavy atom. The van der Waals surface area contributed by atoms with Crippen LogP contribution in [0.25, 0.3) is 10.2 Å². The zero-order valence-electron chi connectivity index (χ0n) is 14.9. The first-order chi connectivity index (χ1) is 12.6. The molecule has 0 aliphatic carbocycles. The van der Waals surface area contributed by atoms with Crippen LogP contribution in [0.15, 0.2) is 36.4 Å². The van der Waals surface area contributed by atoms with Crippen LogP contribution in [0.2, 0.25) is 0 Å². The molecule has 0 radical (unpaired) electrons. The van der Waals surface area contributed by atoms with E-state index < -0.39 is 0 Å². The third-order valence-corrected chi connectivity index (χ3v) is 4.63. The van der Waals surface area contributed by atoms with Gasteiger partial charge in [-0.1, -0.05) is 18.3 Å². The summed E-state index contributed by atoms with van der Waals surface area (Å²) in [6, 6.07) is 10.7. The number of rotatable bonds is 7. The first kappa shape index (κ1) is 18.0. The third-order valence-electron chi connectivity index (χ3n) is 3.70. The molecule has 0 aliphatic rings. The van der Waals surface area contributed by atoms with Gasteiger partial charge in [-0.15, -0.1) is 0 Å². The number of thiazole rings is 1. The Kier molecular flexibility index (Phi) is 5.58. The lowest BCUT2D eigenvalue weighted by atomic mass is 10.2. The molecule has 2 aromatic carbocycles. The van der Waals surface area contributed by atoms with E-state index in [2.05, 4.69) is 17.2 Å². The first-order valence-electron chi connectivity index (χ1n) is 8.21. The number of aromatic nitrogens is 1. The van der Waals surface area contributed by atoms with Crippen molar-refractivity contribution in [2.75, 3.05) is 26.1 Å². The van der Waals surface area contributed by atoms with Gasteiger partial charge in [-0.2, -0.15) is 0 Å². The average molecular weight is 372 g/mol. The van der Waals surface area contributed by atoms with Crippen LogP contribution in [0.4, 0.5) is 5.13 Å². The highest BCUT2D eigenvalue weighted by Crippen LogP contribution is 2.31. The number of anilines is 1. The molecule has 26 heavy (non-hydrogen) atoms. The molecule has 1 N–H and O–H groups in total.